The van der Waals surface area contributed by atoms with Crippen molar-refractivity contribution in [2.45, 2.75) is 0 Å². The summed E-state index contributed by atoms with van der Waals surface area (Å²) in [4.78, 5) is 0. The molecule has 2 nitrogen and oxygen atoms in total. The maximum absolute atomic E-state index is 6.18. The maximum Gasteiger partial charge on any atom is 0.159 e. The quantitative estimate of drug-likeness (QED) is 0.576. The first-order chi connectivity index (χ1) is 10.2. The minimum Gasteiger partial charge on any atom is -0.473 e. The molecule has 0 aliphatic heterocycles. The number of rotatable bonds is 4. The molecular formula is C17H13B2NO. The first-order valence-corrected chi connectivity index (χ1v) is 6.73. The average molecular weight is 269 g/mol. The van der Waals surface area contributed by atoms with Crippen LogP contribution in [-0.4, -0.2) is 22.4 Å². The topological polar surface area (TPSA) is 21.3 Å². The minimum absolute atomic E-state index is 0.340. The van der Waals surface area contributed by atoms with Gasteiger partial charge >= 0.3 is 0 Å². The van der Waals surface area contributed by atoms with Gasteiger partial charge in [0.25, 0.3) is 0 Å². The zero-order chi connectivity index (χ0) is 14.7. The van der Waals surface area contributed by atoms with E-state index >= 15 is 0 Å². The third kappa shape index (κ3) is 3.05. The Kier molecular flexibility index (Phi) is 3.87. The summed E-state index contributed by atoms with van der Waals surface area (Å²) in [6.45, 7) is 0.340. The SMILES string of the molecule is [B]c1ccc(OCNc2ccc3ccccc3c2[B])cc1. The first kappa shape index (κ1) is 13.6. The van der Waals surface area contributed by atoms with Gasteiger partial charge in [0.05, 0.1) is 0 Å². The average Bonchev–Trinajstić information content (AvgIpc) is 2.52. The van der Waals surface area contributed by atoms with Gasteiger partial charge in [-0.2, -0.15) is 0 Å². The van der Waals surface area contributed by atoms with Gasteiger partial charge in [0.1, 0.15) is 21.4 Å². The molecule has 0 fully saturated rings. The van der Waals surface area contributed by atoms with E-state index < -0.39 is 0 Å². The number of hydrogen-bond acceptors (Lipinski definition) is 2. The normalized spacial score (nSPS) is 10.5. The van der Waals surface area contributed by atoms with Gasteiger partial charge in [-0.15, -0.1) is 0 Å². The molecule has 0 atom stereocenters. The molecule has 0 heterocycles. The van der Waals surface area contributed by atoms with Gasteiger partial charge in [-0.3, -0.25) is 0 Å². The lowest BCUT2D eigenvalue weighted by Gasteiger charge is -2.13. The molecule has 0 bridgehead atoms. The molecule has 21 heavy (non-hydrogen) atoms. The van der Waals surface area contributed by atoms with Crippen molar-refractivity contribution in [3.63, 3.8) is 0 Å². The smallest absolute Gasteiger partial charge is 0.159 e. The number of ether oxygens (including phenoxy) is 1. The molecule has 0 aliphatic rings. The van der Waals surface area contributed by atoms with Crippen LogP contribution in [0.3, 0.4) is 0 Å². The lowest BCUT2D eigenvalue weighted by molar-refractivity contribution is 0.347. The van der Waals surface area contributed by atoms with Gasteiger partial charge < -0.3 is 10.1 Å². The Bertz CT molecular complexity index is 756. The monoisotopic (exact) mass is 269 g/mol. The summed E-state index contributed by atoms with van der Waals surface area (Å²) in [5, 5.41) is 5.35. The van der Waals surface area contributed by atoms with Crippen molar-refractivity contribution in [2.24, 2.45) is 0 Å². The van der Waals surface area contributed by atoms with Crippen molar-refractivity contribution >= 4 is 43.1 Å². The van der Waals surface area contributed by atoms with Crippen molar-refractivity contribution in [3.8, 4) is 5.75 Å². The molecule has 3 rings (SSSR count). The summed E-state index contributed by atoms with van der Waals surface area (Å²) in [7, 11) is 11.8. The Balaban J connectivity index is 1.70. The minimum atomic E-state index is 0.340. The van der Waals surface area contributed by atoms with E-state index in [-0.39, 0.29) is 0 Å². The van der Waals surface area contributed by atoms with Crippen LogP contribution in [0.2, 0.25) is 0 Å². The van der Waals surface area contributed by atoms with Crippen molar-refractivity contribution < 1.29 is 4.74 Å². The molecular weight excluding hydrogens is 256 g/mol. The van der Waals surface area contributed by atoms with Gasteiger partial charge in [0, 0.05) is 5.69 Å². The highest BCUT2D eigenvalue weighted by molar-refractivity contribution is 6.42. The van der Waals surface area contributed by atoms with Crippen LogP contribution in [0.1, 0.15) is 0 Å². The van der Waals surface area contributed by atoms with E-state index in [4.69, 9.17) is 20.4 Å². The van der Waals surface area contributed by atoms with Crippen LogP contribution < -0.4 is 21.0 Å². The fourth-order valence-electron chi connectivity index (χ4n) is 2.21. The van der Waals surface area contributed by atoms with Gasteiger partial charge in [0.2, 0.25) is 0 Å². The fourth-order valence-corrected chi connectivity index (χ4v) is 2.21. The number of fused-ring (bicyclic) bond motifs is 1. The number of anilines is 1. The van der Waals surface area contributed by atoms with E-state index in [1.165, 1.54) is 0 Å². The van der Waals surface area contributed by atoms with E-state index in [2.05, 4.69) is 5.32 Å². The highest BCUT2D eigenvalue weighted by Crippen LogP contribution is 2.16. The van der Waals surface area contributed by atoms with E-state index in [0.29, 0.717) is 12.2 Å². The van der Waals surface area contributed by atoms with E-state index in [0.717, 1.165) is 27.7 Å². The number of hydrogen-bond donors (Lipinski definition) is 1. The summed E-state index contributed by atoms with van der Waals surface area (Å²) < 4.78 is 5.61. The standard InChI is InChI=1S/C17H13B2NO/c18-13-6-8-14(9-7-13)21-11-20-16-10-5-12-3-1-2-4-15(12)17(16)19/h1-10,20H,11H2. The molecule has 1 N–H and O–H groups in total. The van der Waals surface area contributed by atoms with Crippen LogP contribution in [0.5, 0.6) is 5.75 Å². The second-order valence-corrected chi connectivity index (χ2v) is 4.78. The Morgan fingerprint density at radius 3 is 2.43 bits per heavy atom. The molecule has 0 unspecified atom stereocenters. The summed E-state index contributed by atoms with van der Waals surface area (Å²) in [5.41, 5.74) is 2.31. The van der Waals surface area contributed by atoms with E-state index in [1.54, 1.807) is 12.1 Å². The van der Waals surface area contributed by atoms with Gasteiger partial charge in [-0.25, -0.2) is 0 Å². The van der Waals surface area contributed by atoms with Gasteiger partial charge in [0.15, 0.2) is 6.73 Å². The largest absolute Gasteiger partial charge is 0.473 e. The summed E-state index contributed by atoms with van der Waals surface area (Å²) in [6, 6.07) is 19.3. The molecule has 4 heteroatoms. The third-order valence-corrected chi connectivity index (χ3v) is 3.35. The molecule has 0 amide bonds. The molecule has 0 aliphatic carbocycles. The Morgan fingerprint density at radius 2 is 1.62 bits per heavy atom. The predicted octanol–water partition coefficient (Wildman–Crippen LogP) is 1.88. The second-order valence-electron chi connectivity index (χ2n) is 4.78. The zero-order valence-electron chi connectivity index (χ0n) is 11.5. The predicted molar refractivity (Wildman–Crippen MR) is 90.3 cm³/mol. The highest BCUT2D eigenvalue weighted by Gasteiger charge is 2.02. The van der Waals surface area contributed by atoms with Crippen LogP contribution in [-0.2, 0) is 0 Å². The molecule has 4 radical (unpaired) electrons. The Labute approximate surface area is 127 Å². The summed E-state index contributed by atoms with van der Waals surface area (Å²) in [5.74, 6) is 0.760. The third-order valence-electron chi connectivity index (χ3n) is 3.35. The molecule has 0 spiro atoms. The van der Waals surface area contributed by atoms with Crippen molar-refractivity contribution in [2.75, 3.05) is 12.0 Å². The van der Waals surface area contributed by atoms with Crippen molar-refractivity contribution in [1.29, 1.82) is 0 Å². The van der Waals surface area contributed by atoms with E-state index in [9.17, 15) is 0 Å². The molecule has 3 aromatic carbocycles. The van der Waals surface area contributed by atoms with Gasteiger partial charge in [-0.1, -0.05) is 53.4 Å². The molecule has 3 aromatic rings. The van der Waals surface area contributed by atoms with Crippen LogP contribution in [0.25, 0.3) is 10.8 Å². The molecule has 98 valence electrons. The van der Waals surface area contributed by atoms with Crippen LogP contribution in [0.15, 0.2) is 60.7 Å². The summed E-state index contributed by atoms with van der Waals surface area (Å²) >= 11 is 0. The maximum atomic E-state index is 6.18. The van der Waals surface area contributed by atoms with Crippen molar-refractivity contribution in [3.05, 3.63) is 60.7 Å². The van der Waals surface area contributed by atoms with E-state index in [1.807, 2.05) is 48.5 Å². The van der Waals surface area contributed by atoms with Crippen LogP contribution >= 0.6 is 0 Å². The zero-order valence-corrected chi connectivity index (χ0v) is 11.5. The summed E-state index contributed by atoms with van der Waals surface area (Å²) in [6.07, 6.45) is 0. The molecule has 0 aromatic heterocycles. The van der Waals surface area contributed by atoms with Crippen LogP contribution in [0, 0.1) is 0 Å². The van der Waals surface area contributed by atoms with Crippen molar-refractivity contribution in [1.82, 2.24) is 0 Å². The molecule has 0 saturated carbocycles. The number of benzene rings is 3. The number of nitrogens with one attached hydrogen (secondary N) is 1. The van der Waals surface area contributed by atoms with Gasteiger partial charge in [-0.05, 0) is 29.0 Å². The van der Waals surface area contributed by atoms with Crippen LogP contribution in [0.4, 0.5) is 5.69 Å². The lowest BCUT2D eigenvalue weighted by atomic mass is 9.88. The Morgan fingerprint density at radius 1 is 0.857 bits per heavy atom. The highest BCUT2D eigenvalue weighted by atomic mass is 16.5. The lowest BCUT2D eigenvalue weighted by Crippen LogP contribution is -2.17. The second kappa shape index (κ2) is 5.96. The molecule has 0 saturated heterocycles. The fraction of sp³-hybridized carbons (Fsp3) is 0.0588. The Hall–Kier alpha value is -2.35. The first-order valence-electron chi connectivity index (χ1n) is 6.73.